The maximum atomic E-state index is 6.56. The minimum atomic E-state index is 0.670. The molecule has 0 unspecified atom stereocenters. The molecular weight excluding hydrogens is 606 g/mol. The van der Waals surface area contributed by atoms with Gasteiger partial charge in [0.2, 0.25) is 0 Å². The van der Waals surface area contributed by atoms with Gasteiger partial charge in [-0.2, -0.15) is 0 Å². The van der Waals surface area contributed by atoms with E-state index in [4.69, 9.17) is 24.7 Å². The minimum Gasteiger partial charge on any atom is -0.457 e. The van der Waals surface area contributed by atoms with E-state index in [1.807, 2.05) is 85.1 Å². The lowest BCUT2D eigenvalue weighted by molar-refractivity contribution is 0.465. The van der Waals surface area contributed by atoms with E-state index in [9.17, 15) is 0 Å². The van der Waals surface area contributed by atoms with Crippen molar-refractivity contribution < 1.29 is 9.47 Å². The van der Waals surface area contributed by atoms with Crippen molar-refractivity contribution >= 4 is 17.2 Å². The van der Waals surface area contributed by atoms with Crippen LogP contribution in [0.3, 0.4) is 0 Å². The Morgan fingerprint density at radius 3 is 2.12 bits per heavy atom. The van der Waals surface area contributed by atoms with E-state index < -0.39 is 0 Å². The number of fused-ring (bicyclic) bond motifs is 2. The lowest BCUT2D eigenvalue weighted by atomic mass is 10.0. The minimum absolute atomic E-state index is 0.670. The first kappa shape index (κ1) is 30.1. The van der Waals surface area contributed by atoms with E-state index in [-0.39, 0.29) is 0 Å². The topological polar surface area (TPSA) is 65.3 Å². The predicted octanol–water partition coefficient (Wildman–Crippen LogP) is 10.9. The SMILES string of the molecule is Cc1ccnc(N2c3ccccc3Oc3ccc(Oc4cccc(-c5nnc(-c6ccccc6C)n5-c5c(C)cc(C)cc5C)c4)cc32)c1. The first-order valence-electron chi connectivity index (χ1n) is 16.4. The van der Waals surface area contributed by atoms with E-state index in [0.717, 1.165) is 79.4 Å². The summed E-state index contributed by atoms with van der Waals surface area (Å²) in [7, 11) is 0. The largest absolute Gasteiger partial charge is 0.457 e. The van der Waals surface area contributed by atoms with Crippen molar-refractivity contribution in [3.05, 3.63) is 149 Å². The summed E-state index contributed by atoms with van der Waals surface area (Å²) >= 11 is 0. The van der Waals surface area contributed by atoms with Crippen LogP contribution in [-0.4, -0.2) is 19.7 Å². The summed E-state index contributed by atoms with van der Waals surface area (Å²) < 4.78 is 15.1. The number of ether oxygens (including phenoxy) is 2. The van der Waals surface area contributed by atoms with Crippen LogP contribution >= 0.6 is 0 Å². The van der Waals surface area contributed by atoms with Gasteiger partial charge in [0.1, 0.15) is 17.3 Å². The Labute approximate surface area is 286 Å². The van der Waals surface area contributed by atoms with E-state index in [1.165, 1.54) is 5.56 Å². The second kappa shape index (κ2) is 12.1. The van der Waals surface area contributed by atoms with Crippen LogP contribution in [0.2, 0.25) is 0 Å². The summed E-state index contributed by atoms with van der Waals surface area (Å²) in [6.45, 7) is 10.6. The Bertz CT molecular complexity index is 2350. The molecule has 0 fully saturated rings. The molecule has 3 heterocycles. The fourth-order valence-electron chi connectivity index (χ4n) is 6.73. The van der Waals surface area contributed by atoms with Crippen LogP contribution in [0.1, 0.15) is 27.8 Å². The Morgan fingerprint density at radius 2 is 1.31 bits per heavy atom. The van der Waals surface area contributed by atoms with Crippen molar-refractivity contribution in [2.75, 3.05) is 4.90 Å². The zero-order chi connectivity index (χ0) is 33.6. The molecule has 0 saturated heterocycles. The number of hydrogen-bond acceptors (Lipinski definition) is 6. The van der Waals surface area contributed by atoms with E-state index >= 15 is 0 Å². The molecule has 0 radical (unpaired) electrons. The van der Waals surface area contributed by atoms with Crippen LogP contribution in [0.5, 0.6) is 23.0 Å². The Balaban J connectivity index is 1.20. The highest BCUT2D eigenvalue weighted by atomic mass is 16.5. The number of benzene rings is 5. The molecule has 0 atom stereocenters. The number of nitrogens with zero attached hydrogens (tertiary/aromatic N) is 5. The molecule has 7 heteroatoms. The highest BCUT2D eigenvalue weighted by molar-refractivity contribution is 5.85. The Hall–Kier alpha value is -6.21. The highest BCUT2D eigenvalue weighted by Crippen LogP contribution is 2.51. The lowest BCUT2D eigenvalue weighted by Crippen LogP contribution is -2.17. The average molecular weight is 642 g/mol. The Morgan fingerprint density at radius 1 is 0.571 bits per heavy atom. The normalized spacial score (nSPS) is 11.9. The zero-order valence-electron chi connectivity index (χ0n) is 28.1. The molecule has 0 amide bonds. The zero-order valence-corrected chi connectivity index (χ0v) is 28.1. The summed E-state index contributed by atoms with van der Waals surface area (Å²) in [5.41, 5.74) is 10.6. The van der Waals surface area contributed by atoms with E-state index in [0.29, 0.717) is 11.5 Å². The number of aryl methyl sites for hydroxylation is 5. The van der Waals surface area contributed by atoms with Gasteiger partial charge in [0.25, 0.3) is 0 Å². The first-order valence-corrected chi connectivity index (χ1v) is 16.4. The van der Waals surface area contributed by atoms with Gasteiger partial charge in [-0.1, -0.05) is 66.2 Å². The molecule has 0 aliphatic carbocycles. The molecule has 5 aromatic carbocycles. The lowest BCUT2D eigenvalue weighted by Gasteiger charge is -2.32. The fraction of sp³-hybridized carbons (Fsp3) is 0.119. The molecule has 1 aliphatic heterocycles. The van der Waals surface area contributed by atoms with Crippen molar-refractivity contribution in [3.63, 3.8) is 0 Å². The van der Waals surface area contributed by atoms with E-state index in [1.54, 1.807) is 0 Å². The van der Waals surface area contributed by atoms with Crippen LogP contribution in [-0.2, 0) is 0 Å². The number of anilines is 3. The second-order valence-electron chi connectivity index (χ2n) is 12.6. The molecule has 0 bridgehead atoms. The van der Waals surface area contributed by atoms with Crippen LogP contribution < -0.4 is 14.4 Å². The second-order valence-corrected chi connectivity index (χ2v) is 12.6. The number of rotatable bonds is 6. The summed E-state index contributed by atoms with van der Waals surface area (Å²) in [6, 6.07) is 38.7. The summed E-state index contributed by atoms with van der Waals surface area (Å²) in [4.78, 5) is 6.83. The Kier molecular flexibility index (Phi) is 7.45. The van der Waals surface area contributed by atoms with Crippen molar-refractivity contribution in [2.45, 2.75) is 34.6 Å². The van der Waals surface area contributed by atoms with Gasteiger partial charge in [0.05, 0.1) is 17.1 Å². The first-order chi connectivity index (χ1) is 23.8. The molecule has 7 nitrogen and oxygen atoms in total. The summed E-state index contributed by atoms with van der Waals surface area (Å²) in [6.07, 6.45) is 1.83. The van der Waals surface area contributed by atoms with E-state index in [2.05, 4.69) is 80.5 Å². The van der Waals surface area contributed by atoms with Crippen LogP contribution in [0.4, 0.5) is 17.2 Å². The van der Waals surface area contributed by atoms with Crippen molar-refractivity contribution in [1.82, 2.24) is 19.7 Å². The third-order valence-electron chi connectivity index (χ3n) is 8.86. The van der Waals surface area contributed by atoms with Crippen molar-refractivity contribution in [2.24, 2.45) is 0 Å². The fourth-order valence-corrected chi connectivity index (χ4v) is 6.73. The number of aromatic nitrogens is 4. The molecular formula is C42H35N5O2. The third kappa shape index (κ3) is 5.49. The van der Waals surface area contributed by atoms with Crippen molar-refractivity contribution in [1.29, 1.82) is 0 Å². The van der Waals surface area contributed by atoms with Crippen LogP contribution in [0.25, 0.3) is 28.5 Å². The van der Waals surface area contributed by atoms with Gasteiger partial charge in [-0.3, -0.25) is 9.47 Å². The van der Waals surface area contributed by atoms with Gasteiger partial charge in [-0.15, -0.1) is 10.2 Å². The quantitative estimate of drug-likeness (QED) is 0.180. The molecule has 7 aromatic rings. The average Bonchev–Trinajstić information content (AvgIpc) is 3.51. The third-order valence-corrected chi connectivity index (χ3v) is 8.86. The molecule has 0 spiro atoms. The molecule has 0 saturated carbocycles. The number of para-hydroxylation sites is 2. The van der Waals surface area contributed by atoms with Gasteiger partial charge >= 0.3 is 0 Å². The summed E-state index contributed by atoms with van der Waals surface area (Å²) in [5.74, 6) is 5.20. The van der Waals surface area contributed by atoms with Gasteiger partial charge in [-0.05, 0) is 105 Å². The van der Waals surface area contributed by atoms with Gasteiger partial charge in [0, 0.05) is 23.4 Å². The predicted molar refractivity (Wildman–Crippen MR) is 195 cm³/mol. The van der Waals surface area contributed by atoms with Crippen molar-refractivity contribution in [3.8, 4) is 51.5 Å². The maximum absolute atomic E-state index is 6.56. The molecule has 2 aromatic heterocycles. The molecule has 0 N–H and O–H groups in total. The highest BCUT2D eigenvalue weighted by Gasteiger charge is 2.27. The van der Waals surface area contributed by atoms with Crippen LogP contribution in [0.15, 0.2) is 121 Å². The maximum Gasteiger partial charge on any atom is 0.169 e. The molecule has 8 rings (SSSR count). The molecule has 49 heavy (non-hydrogen) atoms. The molecule has 240 valence electrons. The number of hydrogen-bond donors (Lipinski definition) is 0. The van der Waals surface area contributed by atoms with Gasteiger partial charge < -0.3 is 9.47 Å². The summed E-state index contributed by atoms with van der Waals surface area (Å²) in [5, 5.41) is 9.56. The number of pyridine rings is 1. The monoisotopic (exact) mass is 641 g/mol. The van der Waals surface area contributed by atoms with Crippen LogP contribution in [0, 0.1) is 34.6 Å². The smallest absolute Gasteiger partial charge is 0.169 e. The van der Waals surface area contributed by atoms with Gasteiger partial charge in [-0.25, -0.2) is 4.98 Å². The standard InChI is InChI=1S/C42H35N5O2/c1-26-19-20-43-39(23-26)46-35-15-8-9-16-37(35)49-38-18-17-33(25-36(38)46)48-32-13-10-12-31(24-32)41-44-45-42(34-14-7-6-11-28(34)3)47(41)40-29(4)21-27(2)22-30(40)5/h6-25H,1-5H3. The van der Waals surface area contributed by atoms with Gasteiger partial charge in [0.15, 0.2) is 23.1 Å². The molecule has 1 aliphatic rings.